The first-order chi connectivity index (χ1) is 19.4. The number of aliphatic hydroxyl groups is 1. The summed E-state index contributed by atoms with van der Waals surface area (Å²) in [5.41, 5.74) is 9.38. The predicted molar refractivity (Wildman–Crippen MR) is 163 cm³/mol. The molecular formula is C35H45NO5. The number of ether oxygens (including phenoxy) is 1. The largest absolute Gasteiger partial charge is 0.488 e. The van der Waals surface area contributed by atoms with Gasteiger partial charge in [0.15, 0.2) is 0 Å². The van der Waals surface area contributed by atoms with E-state index in [-0.39, 0.29) is 23.9 Å². The average molecular weight is 560 g/mol. The van der Waals surface area contributed by atoms with E-state index < -0.39 is 5.60 Å². The van der Waals surface area contributed by atoms with Crippen molar-refractivity contribution in [3.8, 4) is 5.75 Å². The standard InChI is InChI=1S/C35H45NO5/c1-20-21(2)23(4)30(24(5)22(20)3)19-40-31-13-11-28-25(6)29(34(38)41-33(28)26(31)7)12-14-32(37)36-17-16-35(39)15-9-8-10-27(35)18-36/h11,13,27,39H,8-10,12,14-19H2,1-7H3/t27-,35-/m1/s1. The topological polar surface area (TPSA) is 80.0 Å². The van der Waals surface area contributed by atoms with E-state index in [9.17, 15) is 14.7 Å². The minimum Gasteiger partial charge on any atom is -0.488 e. The first-order valence-electron chi connectivity index (χ1n) is 15.2. The molecule has 0 bridgehead atoms. The Bertz CT molecular complexity index is 1540. The molecule has 0 spiro atoms. The summed E-state index contributed by atoms with van der Waals surface area (Å²) in [6.45, 7) is 16.3. The molecule has 2 atom stereocenters. The van der Waals surface area contributed by atoms with Crippen molar-refractivity contribution in [2.24, 2.45) is 5.92 Å². The fourth-order valence-corrected chi connectivity index (χ4v) is 7.15. The van der Waals surface area contributed by atoms with Crippen LogP contribution < -0.4 is 10.4 Å². The lowest BCUT2D eigenvalue weighted by atomic mass is 9.71. The van der Waals surface area contributed by atoms with E-state index >= 15 is 0 Å². The molecule has 41 heavy (non-hydrogen) atoms. The van der Waals surface area contributed by atoms with Crippen molar-refractivity contribution in [2.75, 3.05) is 13.1 Å². The Kier molecular flexibility index (Phi) is 8.08. The van der Waals surface area contributed by atoms with Crippen LogP contribution in [0.25, 0.3) is 11.0 Å². The van der Waals surface area contributed by atoms with Crippen molar-refractivity contribution in [3.63, 3.8) is 0 Å². The number of fused-ring (bicyclic) bond motifs is 2. The van der Waals surface area contributed by atoms with Crippen LogP contribution in [0, 0.1) is 54.4 Å². The van der Waals surface area contributed by atoms with Crippen LogP contribution in [0.4, 0.5) is 0 Å². The van der Waals surface area contributed by atoms with E-state index in [0.29, 0.717) is 49.4 Å². The number of hydrogen-bond acceptors (Lipinski definition) is 5. The number of carbonyl (C=O) groups excluding carboxylic acids is 1. The van der Waals surface area contributed by atoms with Gasteiger partial charge in [-0.2, -0.15) is 0 Å². The van der Waals surface area contributed by atoms with E-state index in [1.54, 1.807) is 0 Å². The number of carbonyl (C=O) groups is 1. The van der Waals surface area contributed by atoms with Crippen molar-refractivity contribution in [1.82, 2.24) is 4.90 Å². The third kappa shape index (κ3) is 5.31. The molecule has 1 aliphatic carbocycles. The lowest BCUT2D eigenvalue weighted by Gasteiger charge is -2.47. The van der Waals surface area contributed by atoms with Crippen molar-refractivity contribution in [3.05, 3.63) is 72.6 Å². The van der Waals surface area contributed by atoms with Crippen LogP contribution in [0.3, 0.4) is 0 Å². The van der Waals surface area contributed by atoms with Crippen molar-refractivity contribution < 1.29 is 19.1 Å². The van der Waals surface area contributed by atoms with Gasteiger partial charge in [0.05, 0.1) is 5.60 Å². The molecule has 1 saturated carbocycles. The molecule has 0 unspecified atom stereocenters. The molecule has 0 radical (unpaired) electrons. The number of rotatable bonds is 6. The Hall–Kier alpha value is -3.12. The van der Waals surface area contributed by atoms with Crippen molar-refractivity contribution in [2.45, 2.75) is 106 Å². The molecule has 1 N–H and O–H groups in total. The molecule has 1 aromatic heterocycles. The Balaban J connectivity index is 1.32. The molecule has 2 heterocycles. The van der Waals surface area contributed by atoms with Gasteiger partial charge in [-0.05, 0) is 125 Å². The van der Waals surface area contributed by atoms with Crippen molar-refractivity contribution >= 4 is 16.9 Å². The maximum atomic E-state index is 13.1. The third-order valence-corrected chi connectivity index (χ3v) is 10.6. The van der Waals surface area contributed by atoms with Crippen LogP contribution in [-0.4, -0.2) is 34.6 Å². The monoisotopic (exact) mass is 559 g/mol. The second kappa shape index (κ2) is 11.3. The van der Waals surface area contributed by atoms with Crippen molar-refractivity contribution in [1.29, 1.82) is 0 Å². The van der Waals surface area contributed by atoms with E-state index in [0.717, 1.165) is 42.2 Å². The number of likely N-dealkylation sites (tertiary alicyclic amines) is 1. The van der Waals surface area contributed by atoms with Gasteiger partial charge >= 0.3 is 5.63 Å². The van der Waals surface area contributed by atoms with Gasteiger partial charge in [0.2, 0.25) is 5.91 Å². The van der Waals surface area contributed by atoms with Crippen LogP contribution in [0.15, 0.2) is 21.3 Å². The fraction of sp³-hybridized carbons (Fsp3) is 0.543. The summed E-state index contributed by atoms with van der Waals surface area (Å²) in [5.74, 6) is 0.904. The van der Waals surface area contributed by atoms with Gasteiger partial charge in [-0.15, -0.1) is 0 Å². The van der Waals surface area contributed by atoms with Gasteiger partial charge in [-0.3, -0.25) is 4.79 Å². The molecule has 1 amide bonds. The van der Waals surface area contributed by atoms with E-state index in [1.165, 1.54) is 33.4 Å². The molecule has 6 nitrogen and oxygen atoms in total. The van der Waals surface area contributed by atoms with Crippen LogP contribution in [0.2, 0.25) is 0 Å². The Morgan fingerprint density at radius 3 is 2.32 bits per heavy atom. The number of amides is 1. The lowest BCUT2D eigenvalue weighted by Crippen LogP contribution is -2.54. The maximum Gasteiger partial charge on any atom is 0.339 e. The molecule has 1 aliphatic heterocycles. The fourth-order valence-electron chi connectivity index (χ4n) is 7.15. The predicted octanol–water partition coefficient (Wildman–Crippen LogP) is 6.62. The third-order valence-electron chi connectivity index (χ3n) is 10.6. The van der Waals surface area contributed by atoms with Crippen LogP contribution in [0.1, 0.15) is 88.6 Å². The first-order valence-corrected chi connectivity index (χ1v) is 15.2. The second-order valence-electron chi connectivity index (χ2n) is 12.6. The SMILES string of the molecule is Cc1c(C)c(C)c(COc2ccc3c(C)c(CCC(=O)N4CC[C@]5(O)CCCC[C@@H]5C4)c(=O)oc3c2C)c(C)c1C. The van der Waals surface area contributed by atoms with E-state index in [2.05, 4.69) is 34.6 Å². The summed E-state index contributed by atoms with van der Waals surface area (Å²) in [6, 6.07) is 3.92. The summed E-state index contributed by atoms with van der Waals surface area (Å²) in [5, 5.41) is 11.8. The van der Waals surface area contributed by atoms with Gasteiger partial charge in [0.1, 0.15) is 17.9 Å². The van der Waals surface area contributed by atoms with Gasteiger partial charge in [0.25, 0.3) is 0 Å². The molecule has 220 valence electrons. The first kappa shape index (κ1) is 29.4. The highest BCUT2D eigenvalue weighted by molar-refractivity contribution is 5.86. The van der Waals surface area contributed by atoms with Gasteiger partial charge in [-0.25, -0.2) is 4.79 Å². The van der Waals surface area contributed by atoms with Gasteiger partial charge in [-0.1, -0.05) is 12.8 Å². The molecule has 2 aliphatic rings. The highest BCUT2D eigenvalue weighted by Crippen LogP contribution is 2.40. The van der Waals surface area contributed by atoms with Crippen LogP contribution >= 0.6 is 0 Å². The average Bonchev–Trinajstić information content (AvgIpc) is 2.95. The molecule has 2 aromatic carbocycles. The number of hydrogen-bond donors (Lipinski definition) is 1. The molecule has 5 rings (SSSR count). The molecule has 2 fully saturated rings. The minimum absolute atomic E-state index is 0.0450. The quantitative estimate of drug-likeness (QED) is 0.344. The number of aryl methyl sites for hydroxylation is 2. The minimum atomic E-state index is -0.610. The van der Waals surface area contributed by atoms with Gasteiger partial charge in [0, 0.05) is 41.9 Å². The second-order valence-corrected chi connectivity index (χ2v) is 12.6. The highest BCUT2D eigenvalue weighted by atomic mass is 16.5. The summed E-state index contributed by atoms with van der Waals surface area (Å²) < 4.78 is 12.2. The Labute approximate surface area is 243 Å². The summed E-state index contributed by atoms with van der Waals surface area (Å²) in [6.07, 6.45) is 5.25. The van der Waals surface area contributed by atoms with E-state index in [4.69, 9.17) is 9.15 Å². The summed E-state index contributed by atoms with van der Waals surface area (Å²) in [4.78, 5) is 28.2. The zero-order valence-corrected chi connectivity index (χ0v) is 25.8. The molecule has 3 aromatic rings. The van der Waals surface area contributed by atoms with Gasteiger partial charge < -0.3 is 19.2 Å². The number of piperidine rings is 1. The normalized spacial score (nSPS) is 20.8. The number of nitrogens with zero attached hydrogens (tertiary/aromatic N) is 1. The number of benzene rings is 2. The van der Waals surface area contributed by atoms with E-state index in [1.807, 2.05) is 30.9 Å². The molecule has 6 heteroatoms. The molecule has 1 saturated heterocycles. The van der Waals surface area contributed by atoms with Crippen LogP contribution in [0.5, 0.6) is 5.75 Å². The Morgan fingerprint density at radius 1 is 0.927 bits per heavy atom. The smallest absolute Gasteiger partial charge is 0.339 e. The summed E-state index contributed by atoms with van der Waals surface area (Å²) >= 11 is 0. The zero-order chi connectivity index (χ0) is 29.6. The molecular weight excluding hydrogens is 514 g/mol. The lowest BCUT2D eigenvalue weighted by molar-refractivity contribution is -0.143. The zero-order valence-electron chi connectivity index (χ0n) is 25.8. The maximum absolute atomic E-state index is 13.1. The Morgan fingerprint density at radius 2 is 1.61 bits per heavy atom. The van der Waals surface area contributed by atoms with Crippen LogP contribution in [-0.2, 0) is 17.8 Å². The summed E-state index contributed by atoms with van der Waals surface area (Å²) in [7, 11) is 0. The highest BCUT2D eigenvalue weighted by Gasteiger charge is 2.43.